The number of alkyl halides is 3. The highest BCUT2D eigenvalue weighted by molar-refractivity contribution is 7.97. The number of carbonyl (C=O) groups excluding carboxylic acids is 2. The summed E-state index contributed by atoms with van der Waals surface area (Å²) in [5.41, 5.74) is 4.42. The first-order valence-electron chi connectivity index (χ1n) is 13.8. The van der Waals surface area contributed by atoms with Crippen molar-refractivity contribution in [1.29, 1.82) is 0 Å². The van der Waals surface area contributed by atoms with Crippen LogP contribution in [0, 0.1) is 6.92 Å². The maximum atomic E-state index is 14.3. The summed E-state index contributed by atoms with van der Waals surface area (Å²) >= 11 is 6.42. The summed E-state index contributed by atoms with van der Waals surface area (Å²) in [5.74, 6) is -0.963. The van der Waals surface area contributed by atoms with Gasteiger partial charge in [-0.1, -0.05) is 27.4 Å². The van der Waals surface area contributed by atoms with Gasteiger partial charge in [-0.3, -0.25) is 9.69 Å². The van der Waals surface area contributed by atoms with Crippen molar-refractivity contribution < 1.29 is 36.3 Å². The van der Waals surface area contributed by atoms with E-state index in [2.05, 4.69) is 10.6 Å². The van der Waals surface area contributed by atoms with Crippen LogP contribution in [0.25, 0.3) is 0 Å². The summed E-state index contributed by atoms with van der Waals surface area (Å²) < 4.78 is 71.2. The molecule has 1 unspecified atom stereocenters. The molecule has 2 amide bonds. The number of hydrogen-bond donors (Lipinski definition) is 4. The number of halogens is 4. The molecule has 2 aromatic rings. The average molecular weight is 648 g/mol. The fraction of sp³-hybridized carbons (Fsp3) is 0.517. The van der Waals surface area contributed by atoms with Crippen molar-refractivity contribution in [2.75, 3.05) is 24.6 Å². The molecule has 0 aliphatic carbocycles. The number of benzene rings is 2. The van der Waals surface area contributed by atoms with Gasteiger partial charge >= 0.3 is 12.3 Å². The lowest BCUT2D eigenvalue weighted by atomic mass is 9.98. The second-order valence-corrected chi connectivity index (χ2v) is 14.3. The van der Waals surface area contributed by atoms with E-state index in [1.165, 1.54) is 6.07 Å². The van der Waals surface area contributed by atoms with Crippen LogP contribution in [0.15, 0.2) is 29.2 Å². The third-order valence-electron chi connectivity index (χ3n) is 6.95. The van der Waals surface area contributed by atoms with Gasteiger partial charge in [-0.25, -0.2) is 4.79 Å². The van der Waals surface area contributed by atoms with Crippen LogP contribution < -0.4 is 16.4 Å². The van der Waals surface area contributed by atoms with Gasteiger partial charge in [-0.2, -0.15) is 17.7 Å². The zero-order valence-electron chi connectivity index (χ0n) is 24.9. The number of nitrogens with zero attached hydrogens (tertiary/aromatic N) is 1. The number of nitrogen functional groups attached to an aromatic ring is 1. The predicted molar refractivity (Wildman–Crippen MR) is 160 cm³/mol. The molecule has 2 aromatic carbocycles. The van der Waals surface area contributed by atoms with Crippen molar-refractivity contribution in [2.24, 2.45) is 0 Å². The van der Waals surface area contributed by atoms with Gasteiger partial charge in [0.1, 0.15) is 11.4 Å². The zero-order chi connectivity index (χ0) is 32.3. The first-order chi connectivity index (χ1) is 19.8. The van der Waals surface area contributed by atoms with Gasteiger partial charge in [0.25, 0.3) is 5.91 Å². The Bertz CT molecular complexity index is 1410. The van der Waals surface area contributed by atoms with Gasteiger partial charge in [0.2, 0.25) is 10.2 Å². The van der Waals surface area contributed by atoms with Crippen LogP contribution in [0.1, 0.15) is 73.1 Å². The number of rotatable bonds is 8. The Kier molecular flexibility index (Phi) is 10.8. The number of amides is 2. The molecule has 0 spiro atoms. The third kappa shape index (κ3) is 9.07. The van der Waals surface area contributed by atoms with E-state index in [4.69, 9.17) is 22.1 Å². The molecule has 238 valence electrons. The standard InChI is InChI=1S/C29H38ClF3N4O5S/c1-6-43(40,41)23-10-9-17(2)12-18(23)14-35-26(38)20-13-22(29(31,32)33)21(24(30)25(20)34)16-37-11-7-8-19(15-37)36-27(39)42-28(3,4)5/h9-10,12-13,19H,6-8,11,14-16H2,1-5H3,(H4-,34,35,36,38,39,40,41)/p+1/t19-/m1/s1. The Morgan fingerprint density at radius 1 is 1.23 bits per heavy atom. The van der Waals surface area contributed by atoms with Gasteiger partial charge in [-0.05, 0) is 77.8 Å². The van der Waals surface area contributed by atoms with Crippen LogP contribution >= 0.6 is 11.6 Å². The molecule has 1 fully saturated rings. The van der Waals surface area contributed by atoms with Crippen molar-refractivity contribution >= 4 is 39.5 Å². The van der Waals surface area contributed by atoms with Crippen molar-refractivity contribution in [1.82, 2.24) is 15.5 Å². The van der Waals surface area contributed by atoms with E-state index in [0.29, 0.717) is 31.0 Å². The van der Waals surface area contributed by atoms with Crippen LogP contribution in [0.2, 0.25) is 5.02 Å². The number of nitrogens with two attached hydrogens (primary N) is 1. The molecular weight excluding hydrogens is 609 g/mol. The zero-order valence-corrected chi connectivity index (χ0v) is 26.4. The smallest absolute Gasteiger partial charge is 0.416 e. The SMILES string of the molecule is CC[S+](=O)(O)c1ccc(C)cc1CNC(=O)c1cc(C(F)(F)F)c(CN2CCC[C@@H](NC(=O)OC(C)(C)C)C2)c(Cl)c1N. The molecule has 0 radical (unpaired) electrons. The fourth-order valence-corrected chi connectivity index (χ4v) is 6.30. The molecule has 1 heterocycles. The molecule has 14 heteroatoms. The van der Waals surface area contributed by atoms with Crippen molar-refractivity contribution in [3.8, 4) is 0 Å². The molecule has 2 atom stereocenters. The summed E-state index contributed by atoms with van der Waals surface area (Å²) in [7, 11) is -3.37. The molecule has 43 heavy (non-hydrogen) atoms. The summed E-state index contributed by atoms with van der Waals surface area (Å²) in [6.07, 6.45) is -4.21. The second kappa shape index (κ2) is 13.4. The topological polar surface area (TPSA) is 134 Å². The highest BCUT2D eigenvalue weighted by atomic mass is 35.5. The van der Waals surface area contributed by atoms with E-state index in [0.717, 1.165) is 5.56 Å². The van der Waals surface area contributed by atoms with E-state index >= 15 is 0 Å². The predicted octanol–water partition coefficient (Wildman–Crippen LogP) is 6.02. The normalized spacial score (nSPS) is 17.7. The molecule has 0 aromatic heterocycles. The lowest BCUT2D eigenvalue weighted by Crippen LogP contribution is -2.48. The highest BCUT2D eigenvalue weighted by Crippen LogP contribution is 2.40. The minimum Gasteiger partial charge on any atom is -0.444 e. The van der Waals surface area contributed by atoms with E-state index in [9.17, 15) is 31.5 Å². The van der Waals surface area contributed by atoms with Gasteiger partial charge in [-0.15, -0.1) is 0 Å². The van der Waals surface area contributed by atoms with Crippen molar-refractivity contribution in [2.45, 2.75) is 83.3 Å². The van der Waals surface area contributed by atoms with Gasteiger partial charge in [0, 0.05) is 31.2 Å². The average Bonchev–Trinajstić information content (AvgIpc) is 2.88. The summed E-state index contributed by atoms with van der Waals surface area (Å²) in [6, 6.07) is 5.14. The minimum atomic E-state index is -4.85. The maximum Gasteiger partial charge on any atom is 0.416 e. The van der Waals surface area contributed by atoms with E-state index in [1.807, 2.05) is 0 Å². The molecule has 1 aliphatic rings. The monoisotopic (exact) mass is 647 g/mol. The molecule has 5 N–H and O–H groups in total. The van der Waals surface area contributed by atoms with Crippen molar-refractivity contribution in [3.63, 3.8) is 0 Å². The molecule has 0 bridgehead atoms. The van der Waals surface area contributed by atoms with E-state index < -0.39 is 45.1 Å². The van der Waals surface area contributed by atoms with Crippen LogP contribution in [-0.4, -0.2) is 51.9 Å². The Hall–Kier alpha value is -2.87. The van der Waals surface area contributed by atoms with Crippen LogP contribution in [-0.2, 0) is 38.4 Å². The van der Waals surface area contributed by atoms with Crippen LogP contribution in [0.4, 0.5) is 23.7 Å². The number of aryl methyl sites for hydroxylation is 1. The van der Waals surface area contributed by atoms with E-state index in [1.54, 1.807) is 51.7 Å². The fourth-order valence-electron chi connectivity index (χ4n) is 4.90. The van der Waals surface area contributed by atoms with Crippen molar-refractivity contribution in [3.05, 3.63) is 57.1 Å². The number of piperidine rings is 1. The first kappa shape index (κ1) is 34.6. The number of anilines is 1. The maximum absolute atomic E-state index is 14.3. The Morgan fingerprint density at radius 3 is 2.51 bits per heavy atom. The van der Waals surface area contributed by atoms with Gasteiger partial charge in [0.15, 0.2) is 4.90 Å². The van der Waals surface area contributed by atoms with E-state index in [-0.39, 0.29) is 52.6 Å². The van der Waals surface area contributed by atoms with Crippen LogP contribution in [0.5, 0.6) is 0 Å². The Labute approximate surface area is 255 Å². The summed E-state index contributed by atoms with van der Waals surface area (Å²) in [4.78, 5) is 27.2. The lowest BCUT2D eigenvalue weighted by Gasteiger charge is -2.34. The quantitative estimate of drug-likeness (QED) is 0.203. The number of likely N-dealkylation sites (tertiary alicyclic amines) is 1. The Morgan fingerprint density at radius 2 is 1.91 bits per heavy atom. The second-order valence-electron chi connectivity index (χ2n) is 11.6. The Balaban J connectivity index is 1.85. The molecule has 0 saturated carbocycles. The number of nitrogens with one attached hydrogen (secondary N) is 2. The lowest BCUT2D eigenvalue weighted by molar-refractivity contribution is -0.138. The molecule has 1 aliphatic heterocycles. The number of carbonyl (C=O) groups is 2. The number of alkyl carbamates (subject to hydrolysis) is 1. The number of hydrogen-bond acceptors (Lipinski definition) is 6. The third-order valence-corrected chi connectivity index (χ3v) is 9.25. The van der Waals surface area contributed by atoms with Gasteiger partial charge in [0.05, 0.1) is 21.8 Å². The highest BCUT2D eigenvalue weighted by Gasteiger charge is 2.38. The summed E-state index contributed by atoms with van der Waals surface area (Å²) in [6.45, 7) is 8.82. The van der Waals surface area contributed by atoms with Crippen LogP contribution in [0.3, 0.4) is 0 Å². The summed E-state index contributed by atoms with van der Waals surface area (Å²) in [5, 5.41) is 4.90. The van der Waals surface area contributed by atoms with Gasteiger partial charge < -0.3 is 21.1 Å². The largest absolute Gasteiger partial charge is 0.444 e. The molecule has 3 rings (SSSR count). The minimum absolute atomic E-state index is 0.0508. The molecule has 1 saturated heterocycles. The first-order valence-corrected chi connectivity index (χ1v) is 15.9. The number of ether oxygens (including phenoxy) is 1. The molecule has 9 nitrogen and oxygen atoms in total. The molecular formula is C29H39ClF3N4O5S+.